The molecule has 1 aliphatic rings. The Morgan fingerprint density at radius 3 is 1.84 bits per heavy atom. The van der Waals surface area contributed by atoms with Crippen molar-refractivity contribution in [3.05, 3.63) is 82.1 Å². The number of anilines is 1. The summed E-state index contributed by atoms with van der Waals surface area (Å²) in [7, 11) is 1.59. The Kier molecular flexibility index (Phi) is 7.52. The van der Waals surface area contributed by atoms with E-state index in [-0.39, 0.29) is 13.2 Å². The molecular weight excluding hydrogens is 462 g/mol. The third-order valence-corrected chi connectivity index (χ3v) is 5.30. The molecule has 0 bridgehead atoms. The van der Waals surface area contributed by atoms with E-state index in [0.29, 0.717) is 16.9 Å². The van der Waals surface area contributed by atoms with Gasteiger partial charge in [0.25, 0.3) is 0 Å². The Hall–Kier alpha value is -3.06. The van der Waals surface area contributed by atoms with E-state index in [9.17, 15) is 9.59 Å². The van der Waals surface area contributed by atoms with Crippen LogP contribution < -0.4 is 9.64 Å². The zero-order valence-electron chi connectivity index (χ0n) is 17.6. The quantitative estimate of drug-likeness (QED) is 0.516. The molecule has 0 fully saturated rings. The van der Waals surface area contributed by atoms with Gasteiger partial charge in [0, 0.05) is 22.6 Å². The number of halogens is 1. The molecule has 0 unspecified atom stereocenters. The maximum atomic E-state index is 12.9. The van der Waals surface area contributed by atoms with Gasteiger partial charge in [-0.25, -0.2) is 9.59 Å². The number of rotatable bonds is 7. The number of hydrogen-bond donors (Lipinski definition) is 0. The second kappa shape index (κ2) is 10.3. The first kappa shape index (κ1) is 22.6. The molecule has 31 heavy (non-hydrogen) atoms. The molecule has 0 saturated carbocycles. The minimum atomic E-state index is -0.610. The molecule has 6 nitrogen and oxygen atoms in total. The largest absolute Gasteiger partial charge is 0.497 e. The van der Waals surface area contributed by atoms with Gasteiger partial charge in [0.2, 0.25) is 0 Å². The van der Waals surface area contributed by atoms with Crippen LogP contribution in [-0.2, 0) is 19.1 Å². The maximum absolute atomic E-state index is 12.9. The van der Waals surface area contributed by atoms with Gasteiger partial charge in [-0.05, 0) is 55.8 Å². The van der Waals surface area contributed by atoms with Gasteiger partial charge in [0.05, 0.1) is 37.4 Å². The molecule has 3 rings (SSSR count). The standard InChI is InChI=1S/C24H24BrNO5/c1-4-30-23(27)20-14-26(18-10-12-19(29-3)13-11-18)15-21(24(28)31-5-2)22(20)16-6-8-17(25)9-7-16/h6-15,22H,4-5H2,1-3H3. The summed E-state index contributed by atoms with van der Waals surface area (Å²) < 4.78 is 16.8. The molecule has 0 radical (unpaired) electrons. The summed E-state index contributed by atoms with van der Waals surface area (Å²) in [5.41, 5.74) is 2.26. The summed E-state index contributed by atoms with van der Waals surface area (Å²) in [6.07, 6.45) is 3.41. The SMILES string of the molecule is CCOC(=O)C1=CN(c2ccc(OC)cc2)C=C(C(=O)OCC)C1c1ccc(Br)cc1. The molecule has 0 atom stereocenters. The Balaban J connectivity index is 2.14. The monoisotopic (exact) mass is 485 g/mol. The number of benzene rings is 2. The highest BCUT2D eigenvalue weighted by atomic mass is 79.9. The summed E-state index contributed by atoms with van der Waals surface area (Å²) in [5.74, 6) is -0.869. The Bertz CT molecular complexity index is 960. The van der Waals surface area contributed by atoms with Gasteiger partial charge in [-0.3, -0.25) is 0 Å². The van der Waals surface area contributed by atoms with Gasteiger partial charge in [-0.15, -0.1) is 0 Å². The first-order chi connectivity index (χ1) is 15.0. The van der Waals surface area contributed by atoms with Gasteiger partial charge < -0.3 is 19.1 Å². The zero-order chi connectivity index (χ0) is 22.4. The summed E-state index contributed by atoms with van der Waals surface area (Å²) in [6.45, 7) is 3.95. The summed E-state index contributed by atoms with van der Waals surface area (Å²) in [4.78, 5) is 27.6. The fourth-order valence-electron chi connectivity index (χ4n) is 3.34. The molecule has 1 aliphatic heterocycles. The second-order valence-corrected chi connectivity index (χ2v) is 7.62. The van der Waals surface area contributed by atoms with Gasteiger partial charge in [-0.2, -0.15) is 0 Å². The molecule has 2 aromatic carbocycles. The molecular formula is C24H24BrNO5. The molecule has 0 aromatic heterocycles. The highest BCUT2D eigenvalue weighted by molar-refractivity contribution is 9.10. The maximum Gasteiger partial charge on any atom is 0.336 e. The van der Waals surface area contributed by atoms with Crippen LogP contribution in [0.4, 0.5) is 5.69 Å². The fraction of sp³-hybridized carbons (Fsp3) is 0.250. The molecule has 7 heteroatoms. The predicted molar refractivity (Wildman–Crippen MR) is 122 cm³/mol. The third-order valence-electron chi connectivity index (χ3n) is 4.77. The lowest BCUT2D eigenvalue weighted by Crippen LogP contribution is -2.29. The lowest BCUT2D eigenvalue weighted by molar-refractivity contribution is -0.139. The zero-order valence-corrected chi connectivity index (χ0v) is 19.2. The van der Waals surface area contributed by atoms with Crippen molar-refractivity contribution in [2.24, 2.45) is 0 Å². The molecule has 162 valence electrons. The lowest BCUT2D eigenvalue weighted by atomic mass is 9.83. The van der Waals surface area contributed by atoms with Crippen molar-refractivity contribution >= 4 is 33.6 Å². The number of methoxy groups -OCH3 is 1. The lowest BCUT2D eigenvalue weighted by Gasteiger charge is -2.30. The van der Waals surface area contributed by atoms with Gasteiger partial charge in [-0.1, -0.05) is 28.1 Å². The van der Waals surface area contributed by atoms with Crippen LogP contribution in [0.3, 0.4) is 0 Å². The minimum absolute atomic E-state index is 0.226. The van der Waals surface area contributed by atoms with Crippen molar-refractivity contribution in [3.8, 4) is 5.75 Å². The number of carbonyl (C=O) groups excluding carboxylic acids is 2. The number of nitrogens with zero attached hydrogens (tertiary/aromatic N) is 1. The first-order valence-electron chi connectivity index (χ1n) is 9.94. The minimum Gasteiger partial charge on any atom is -0.497 e. The van der Waals surface area contributed by atoms with E-state index in [1.807, 2.05) is 48.5 Å². The second-order valence-electron chi connectivity index (χ2n) is 6.70. The Labute approximate surface area is 190 Å². The smallest absolute Gasteiger partial charge is 0.336 e. The van der Waals surface area contributed by atoms with Crippen LogP contribution in [0.25, 0.3) is 0 Å². The van der Waals surface area contributed by atoms with E-state index in [4.69, 9.17) is 14.2 Å². The highest BCUT2D eigenvalue weighted by Crippen LogP contribution is 2.39. The van der Waals surface area contributed by atoms with Crippen LogP contribution in [0.5, 0.6) is 5.75 Å². The van der Waals surface area contributed by atoms with Crippen molar-refractivity contribution in [1.82, 2.24) is 0 Å². The van der Waals surface area contributed by atoms with Crippen LogP contribution in [0.1, 0.15) is 25.3 Å². The normalized spacial score (nSPS) is 13.9. The van der Waals surface area contributed by atoms with Crippen LogP contribution in [0, 0.1) is 0 Å². The van der Waals surface area contributed by atoms with Crippen molar-refractivity contribution < 1.29 is 23.8 Å². The Morgan fingerprint density at radius 2 is 1.39 bits per heavy atom. The highest BCUT2D eigenvalue weighted by Gasteiger charge is 2.35. The average Bonchev–Trinajstić information content (AvgIpc) is 2.79. The van der Waals surface area contributed by atoms with Crippen molar-refractivity contribution in [3.63, 3.8) is 0 Å². The van der Waals surface area contributed by atoms with Crippen molar-refractivity contribution in [1.29, 1.82) is 0 Å². The predicted octanol–water partition coefficient (Wildman–Crippen LogP) is 4.96. The number of carbonyl (C=O) groups is 2. The van der Waals surface area contributed by atoms with E-state index >= 15 is 0 Å². The molecule has 0 spiro atoms. The van der Waals surface area contributed by atoms with Crippen LogP contribution in [-0.4, -0.2) is 32.3 Å². The van der Waals surface area contributed by atoms with Gasteiger partial charge in [0.15, 0.2) is 0 Å². The van der Waals surface area contributed by atoms with Crippen LogP contribution >= 0.6 is 15.9 Å². The summed E-state index contributed by atoms with van der Waals surface area (Å²) in [5, 5.41) is 0. The fourth-order valence-corrected chi connectivity index (χ4v) is 3.61. The average molecular weight is 486 g/mol. The van der Waals surface area contributed by atoms with Gasteiger partial charge >= 0.3 is 11.9 Å². The van der Waals surface area contributed by atoms with E-state index in [1.54, 1.807) is 38.3 Å². The van der Waals surface area contributed by atoms with E-state index in [1.165, 1.54) is 0 Å². The molecule has 0 N–H and O–H groups in total. The molecule has 0 aliphatic carbocycles. The molecule has 2 aromatic rings. The Morgan fingerprint density at radius 1 is 0.871 bits per heavy atom. The van der Waals surface area contributed by atoms with Crippen molar-refractivity contribution in [2.45, 2.75) is 19.8 Å². The summed E-state index contributed by atoms with van der Waals surface area (Å²) in [6, 6.07) is 14.8. The number of esters is 2. The summed E-state index contributed by atoms with van der Waals surface area (Å²) >= 11 is 3.43. The van der Waals surface area contributed by atoms with E-state index in [2.05, 4.69) is 15.9 Å². The van der Waals surface area contributed by atoms with Crippen LogP contribution in [0.15, 0.2) is 76.5 Å². The topological polar surface area (TPSA) is 65.1 Å². The van der Waals surface area contributed by atoms with E-state index in [0.717, 1.165) is 15.7 Å². The third kappa shape index (κ3) is 5.17. The van der Waals surface area contributed by atoms with Crippen LogP contribution in [0.2, 0.25) is 0 Å². The van der Waals surface area contributed by atoms with Crippen molar-refractivity contribution in [2.75, 3.05) is 25.2 Å². The van der Waals surface area contributed by atoms with E-state index < -0.39 is 17.9 Å². The molecule has 0 saturated heterocycles. The number of hydrogen-bond acceptors (Lipinski definition) is 6. The molecule has 0 amide bonds. The number of ether oxygens (including phenoxy) is 3. The molecule has 1 heterocycles. The van der Waals surface area contributed by atoms with Gasteiger partial charge in [0.1, 0.15) is 5.75 Å². The first-order valence-corrected chi connectivity index (χ1v) is 10.7.